The zero-order chi connectivity index (χ0) is 10.3. The van der Waals surface area contributed by atoms with Gasteiger partial charge in [0, 0.05) is 0 Å². The molecule has 0 radical (unpaired) electrons. The number of carbonyl (C=O) groups is 1. The van der Waals surface area contributed by atoms with E-state index in [2.05, 4.69) is 24.5 Å². The quantitative estimate of drug-likeness (QED) is 0.593. The summed E-state index contributed by atoms with van der Waals surface area (Å²) in [6.45, 7) is 4.35. The molecule has 0 bridgehead atoms. The molecule has 1 heterocycles. The molecular weight excluding hydrogens is 196 g/mol. The Morgan fingerprint density at radius 3 is 2.79 bits per heavy atom. The average molecular weight is 212 g/mol. The summed E-state index contributed by atoms with van der Waals surface area (Å²) in [7, 11) is 0. The topological polar surface area (TPSA) is 41.1 Å². The Labute approximate surface area is 89.6 Å². The number of hydrogen-bond donors (Lipinski definition) is 2. The zero-order valence-corrected chi connectivity index (χ0v) is 9.41. The van der Waals surface area contributed by atoms with Crippen LogP contribution in [-0.2, 0) is 4.79 Å². The minimum Gasteiger partial charge on any atom is -0.348 e. The Morgan fingerprint density at radius 1 is 1.50 bits per heavy atom. The van der Waals surface area contributed by atoms with Gasteiger partial charge in [0.1, 0.15) is 5.54 Å². The highest BCUT2D eigenvalue weighted by Crippen LogP contribution is 2.39. The van der Waals surface area contributed by atoms with E-state index in [1.54, 1.807) is 0 Å². The Hall–Kier alpha value is -0.640. The van der Waals surface area contributed by atoms with Gasteiger partial charge in [-0.05, 0) is 30.5 Å². The molecule has 14 heavy (non-hydrogen) atoms. The molecule has 2 aliphatic rings. The average Bonchev–Trinajstić information content (AvgIpc) is 2.39. The number of rotatable bonds is 0. The largest absolute Gasteiger partial charge is 0.348 e. The van der Waals surface area contributed by atoms with Gasteiger partial charge in [0.15, 0.2) is 5.11 Å². The van der Waals surface area contributed by atoms with Crippen molar-refractivity contribution in [3.05, 3.63) is 0 Å². The van der Waals surface area contributed by atoms with E-state index < -0.39 is 5.54 Å². The van der Waals surface area contributed by atoms with Crippen LogP contribution in [0.1, 0.15) is 33.1 Å². The van der Waals surface area contributed by atoms with Crippen LogP contribution in [0.25, 0.3) is 0 Å². The molecule has 0 aromatic carbocycles. The van der Waals surface area contributed by atoms with E-state index in [-0.39, 0.29) is 5.91 Å². The number of thiocarbonyl (C=S) groups is 1. The molecule has 3 atom stereocenters. The van der Waals surface area contributed by atoms with Crippen LogP contribution >= 0.6 is 12.2 Å². The van der Waals surface area contributed by atoms with Crippen LogP contribution in [0.3, 0.4) is 0 Å². The van der Waals surface area contributed by atoms with E-state index in [4.69, 9.17) is 12.2 Å². The van der Waals surface area contributed by atoms with E-state index in [9.17, 15) is 4.79 Å². The summed E-state index contributed by atoms with van der Waals surface area (Å²) < 4.78 is 0. The van der Waals surface area contributed by atoms with Crippen LogP contribution in [0.2, 0.25) is 0 Å². The number of hydrogen-bond acceptors (Lipinski definition) is 2. The number of nitrogens with one attached hydrogen (secondary N) is 2. The predicted molar refractivity (Wildman–Crippen MR) is 58.8 cm³/mol. The lowest BCUT2D eigenvalue weighted by molar-refractivity contribution is -0.127. The molecule has 1 aliphatic carbocycles. The molecule has 2 rings (SSSR count). The molecule has 3 unspecified atom stereocenters. The Bertz CT molecular complexity index is 292. The molecule has 78 valence electrons. The van der Waals surface area contributed by atoms with Crippen molar-refractivity contribution in [3.8, 4) is 0 Å². The fraction of sp³-hybridized carbons (Fsp3) is 0.800. The molecule has 2 N–H and O–H groups in total. The minimum atomic E-state index is -0.408. The highest BCUT2D eigenvalue weighted by Gasteiger charge is 2.51. The molecule has 1 aliphatic heterocycles. The fourth-order valence-corrected chi connectivity index (χ4v) is 2.94. The summed E-state index contributed by atoms with van der Waals surface area (Å²) in [6.07, 6.45) is 3.23. The summed E-state index contributed by atoms with van der Waals surface area (Å²) in [6, 6.07) is 0. The summed E-state index contributed by atoms with van der Waals surface area (Å²) in [4.78, 5) is 11.9. The molecule has 2 fully saturated rings. The molecule has 3 nitrogen and oxygen atoms in total. The second-order valence-electron chi connectivity index (χ2n) is 4.54. The van der Waals surface area contributed by atoms with Gasteiger partial charge >= 0.3 is 0 Å². The van der Waals surface area contributed by atoms with Gasteiger partial charge in [-0.15, -0.1) is 0 Å². The molecular formula is C10H16N2OS. The minimum absolute atomic E-state index is 0.0709. The first-order chi connectivity index (χ1) is 6.56. The van der Waals surface area contributed by atoms with Crippen molar-refractivity contribution in [2.45, 2.75) is 38.6 Å². The smallest absolute Gasteiger partial charge is 0.252 e. The molecule has 0 aromatic heterocycles. The van der Waals surface area contributed by atoms with Gasteiger partial charge in [-0.2, -0.15) is 0 Å². The van der Waals surface area contributed by atoms with Gasteiger partial charge in [0.05, 0.1) is 0 Å². The van der Waals surface area contributed by atoms with Crippen molar-refractivity contribution < 1.29 is 4.79 Å². The van der Waals surface area contributed by atoms with Gasteiger partial charge in [0.2, 0.25) is 0 Å². The summed E-state index contributed by atoms with van der Waals surface area (Å²) in [5.41, 5.74) is -0.408. The molecule has 1 saturated carbocycles. The summed E-state index contributed by atoms with van der Waals surface area (Å²) in [5, 5.41) is 6.38. The third kappa shape index (κ3) is 1.24. The molecule has 0 aromatic rings. The normalized spacial score (nSPS) is 42.4. The van der Waals surface area contributed by atoms with E-state index >= 15 is 0 Å². The number of amides is 1. The third-order valence-electron chi connectivity index (χ3n) is 3.83. The Morgan fingerprint density at radius 2 is 2.21 bits per heavy atom. The zero-order valence-electron chi connectivity index (χ0n) is 8.59. The lowest BCUT2D eigenvalue weighted by Gasteiger charge is -2.40. The van der Waals surface area contributed by atoms with Crippen LogP contribution in [0, 0.1) is 11.8 Å². The van der Waals surface area contributed by atoms with E-state index in [1.807, 2.05) is 0 Å². The van der Waals surface area contributed by atoms with E-state index in [1.165, 1.54) is 6.42 Å². The maximum atomic E-state index is 11.9. The maximum Gasteiger partial charge on any atom is 0.252 e. The van der Waals surface area contributed by atoms with Crippen LogP contribution in [0.5, 0.6) is 0 Å². The SMILES string of the molecule is CC1CCCC2(NC(=S)NC2=O)C1C. The van der Waals surface area contributed by atoms with Crippen LogP contribution < -0.4 is 10.6 Å². The first-order valence-electron chi connectivity index (χ1n) is 5.20. The van der Waals surface area contributed by atoms with Gasteiger partial charge < -0.3 is 10.6 Å². The maximum absolute atomic E-state index is 11.9. The van der Waals surface area contributed by atoms with Crippen molar-refractivity contribution in [1.29, 1.82) is 0 Å². The van der Waals surface area contributed by atoms with Crippen LogP contribution in [0.4, 0.5) is 0 Å². The van der Waals surface area contributed by atoms with Gasteiger partial charge in [-0.25, -0.2) is 0 Å². The van der Waals surface area contributed by atoms with E-state index in [0.717, 1.165) is 12.8 Å². The van der Waals surface area contributed by atoms with Crippen molar-refractivity contribution >= 4 is 23.2 Å². The van der Waals surface area contributed by atoms with Crippen molar-refractivity contribution in [3.63, 3.8) is 0 Å². The predicted octanol–water partition coefficient (Wildman–Crippen LogP) is 1.19. The molecule has 1 amide bonds. The van der Waals surface area contributed by atoms with Gasteiger partial charge in [-0.1, -0.05) is 26.7 Å². The molecule has 4 heteroatoms. The summed E-state index contributed by atoms with van der Waals surface area (Å²) in [5.74, 6) is 1.01. The summed E-state index contributed by atoms with van der Waals surface area (Å²) >= 11 is 5.00. The lowest BCUT2D eigenvalue weighted by Crippen LogP contribution is -2.55. The fourth-order valence-electron chi connectivity index (χ4n) is 2.67. The Kier molecular flexibility index (Phi) is 2.26. The first-order valence-corrected chi connectivity index (χ1v) is 5.61. The molecule has 1 saturated heterocycles. The van der Waals surface area contributed by atoms with Gasteiger partial charge in [0.25, 0.3) is 5.91 Å². The van der Waals surface area contributed by atoms with Crippen molar-refractivity contribution in [2.24, 2.45) is 11.8 Å². The second kappa shape index (κ2) is 3.19. The second-order valence-corrected chi connectivity index (χ2v) is 4.95. The van der Waals surface area contributed by atoms with Crippen LogP contribution in [0.15, 0.2) is 0 Å². The number of carbonyl (C=O) groups excluding carboxylic acids is 1. The van der Waals surface area contributed by atoms with Crippen molar-refractivity contribution in [2.75, 3.05) is 0 Å². The molecule has 1 spiro atoms. The third-order valence-corrected chi connectivity index (χ3v) is 4.03. The van der Waals surface area contributed by atoms with Gasteiger partial charge in [-0.3, -0.25) is 4.79 Å². The Balaban J connectivity index is 2.29. The lowest BCUT2D eigenvalue weighted by atomic mass is 9.68. The monoisotopic (exact) mass is 212 g/mol. The standard InChI is InChI=1S/C10H16N2OS/c1-6-4-3-5-10(7(6)2)8(13)11-9(14)12-10/h6-7H,3-5H2,1-2H3,(H2,11,12,13,14). The van der Waals surface area contributed by atoms with Crippen LogP contribution in [-0.4, -0.2) is 16.6 Å². The highest BCUT2D eigenvalue weighted by molar-refractivity contribution is 7.80. The highest BCUT2D eigenvalue weighted by atomic mass is 32.1. The van der Waals surface area contributed by atoms with Crippen molar-refractivity contribution in [1.82, 2.24) is 10.6 Å². The first kappa shape index (κ1) is 9.90. The van der Waals surface area contributed by atoms with E-state index in [0.29, 0.717) is 16.9 Å².